The molecule has 1 heterocycles. The zero-order valence-corrected chi connectivity index (χ0v) is 19.4. The molecule has 1 amide bonds. The predicted octanol–water partition coefficient (Wildman–Crippen LogP) is 3.83. The first-order chi connectivity index (χ1) is 14.9. The summed E-state index contributed by atoms with van der Waals surface area (Å²) in [5, 5.41) is 0. The molecule has 2 atom stereocenters. The average Bonchev–Trinajstić information content (AvgIpc) is 2.75. The van der Waals surface area contributed by atoms with Crippen LogP contribution in [0.3, 0.4) is 0 Å². The average molecular weight is 492 g/mol. The molecule has 0 spiro atoms. The second-order valence-corrected chi connectivity index (χ2v) is 8.25. The molecule has 0 aliphatic carbocycles. The number of morpholine rings is 1. The minimum Gasteiger partial charge on any atom is -0.493 e. The van der Waals surface area contributed by atoms with Crippen molar-refractivity contribution >= 4 is 27.8 Å². The van der Waals surface area contributed by atoms with Gasteiger partial charge in [-0.2, -0.15) is 0 Å². The van der Waals surface area contributed by atoms with Crippen molar-refractivity contribution in [2.45, 2.75) is 32.7 Å². The molecule has 1 saturated heterocycles. The van der Waals surface area contributed by atoms with Crippen LogP contribution >= 0.6 is 15.9 Å². The molecule has 0 saturated carbocycles. The molecule has 2 aromatic rings. The number of rotatable bonds is 7. The number of hydrogen-bond acceptors (Lipinski definition) is 6. The van der Waals surface area contributed by atoms with Crippen molar-refractivity contribution in [1.82, 2.24) is 4.90 Å². The standard InChI is InChI=1S/C23H26BrNO6/c1-15-11-25(12-16(2)31-15)21(26)14-30-23(27)18-9-19(24)22(20(10-18)28-3)29-13-17-7-5-4-6-8-17/h4-10,15-16H,11-14H2,1-3H3/t15-,16+. The summed E-state index contributed by atoms with van der Waals surface area (Å²) in [7, 11) is 1.50. The normalized spacial score (nSPS) is 18.4. The topological polar surface area (TPSA) is 74.3 Å². The summed E-state index contributed by atoms with van der Waals surface area (Å²) in [6, 6.07) is 12.8. The predicted molar refractivity (Wildman–Crippen MR) is 118 cm³/mol. The second kappa shape index (κ2) is 10.6. The molecule has 1 aliphatic heterocycles. The van der Waals surface area contributed by atoms with Gasteiger partial charge in [0.15, 0.2) is 18.1 Å². The summed E-state index contributed by atoms with van der Waals surface area (Å²) < 4.78 is 22.7. The highest BCUT2D eigenvalue weighted by molar-refractivity contribution is 9.10. The van der Waals surface area contributed by atoms with Gasteiger partial charge in [0, 0.05) is 13.1 Å². The molecule has 166 valence electrons. The molecule has 0 bridgehead atoms. The van der Waals surface area contributed by atoms with Crippen molar-refractivity contribution < 1.29 is 28.5 Å². The first kappa shape index (κ1) is 23.1. The van der Waals surface area contributed by atoms with Gasteiger partial charge in [0.25, 0.3) is 5.91 Å². The molecular weight excluding hydrogens is 466 g/mol. The summed E-state index contributed by atoms with van der Waals surface area (Å²) in [6.07, 6.45) is -0.0981. The Morgan fingerprint density at radius 1 is 1.13 bits per heavy atom. The van der Waals surface area contributed by atoms with Gasteiger partial charge in [-0.3, -0.25) is 4.79 Å². The lowest BCUT2D eigenvalue weighted by atomic mass is 10.2. The molecule has 8 heteroatoms. The summed E-state index contributed by atoms with van der Waals surface area (Å²) >= 11 is 3.43. The molecule has 0 aromatic heterocycles. The number of nitrogens with zero attached hydrogens (tertiary/aromatic N) is 1. The Bertz CT molecular complexity index is 910. The highest BCUT2D eigenvalue weighted by Crippen LogP contribution is 2.37. The molecule has 0 N–H and O–H groups in total. The Balaban J connectivity index is 1.63. The Kier molecular flexibility index (Phi) is 7.92. The highest BCUT2D eigenvalue weighted by atomic mass is 79.9. The van der Waals surface area contributed by atoms with Gasteiger partial charge in [0.05, 0.1) is 29.4 Å². The third-order valence-electron chi connectivity index (χ3n) is 4.79. The van der Waals surface area contributed by atoms with Crippen LogP contribution in [0.2, 0.25) is 0 Å². The molecule has 0 radical (unpaired) electrons. The van der Waals surface area contributed by atoms with E-state index in [2.05, 4.69) is 15.9 Å². The van der Waals surface area contributed by atoms with Crippen LogP contribution in [-0.4, -0.2) is 55.8 Å². The van der Waals surface area contributed by atoms with Crippen LogP contribution in [-0.2, 0) is 20.9 Å². The lowest BCUT2D eigenvalue weighted by Crippen LogP contribution is -2.49. The zero-order chi connectivity index (χ0) is 22.4. The van der Waals surface area contributed by atoms with Crippen molar-refractivity contribution in [2.75, 3.05) is 26.8 Å². The summed E-state index contributed by atoms with van der Waals surface area (Å²) in [6.45, 7) is 4.80. The second-order valence-electron chi connectivity index (χ2n) is 7.40. The van der Waals surface area contributed by atoms with Gasteiger partial charge in [0.2, 0.25) is 0 Å². The van der Waals surface area contributed by atoms with Crippen molar-refractivity contribution in [3.63, 3.8) is 0 Å². The van der Waals surface area contributed by atoms with Crippen LogP contribution in [0.15, 0.2) is 46.9 Å². The Labute approximate surface area is 190 Å². The maximum absolute atomic E-state index is 12.5. The van der Waals surface area contributed by atoms with Gasteiger partial charge in [-0.25, -0.2) is 4.79 Å². The number of halogens is 1. The molecule has 3 rings (SSSR count). The van der Waals surface area contributed by atoms with E-state index < -0.39 is 5.97 Å². The summed E-state index contributed by atoms with van der Waals surface area (Å²) in [4.78, 5) is 26.6. The molecule has 31 heavy (non-hydrogen) atoms. The Morgan fingerprint density at radius 3 is 2.45 bits per heavy atom. The smallest absolute Gasteiger partial charge is 0.338 e. The Hall–Kier alpha value is -2.58. The van der Waals surface area contributed by atoms with Crippen LogP contribution in [0.4, 0.5) is 0 Å². The van der Waals surface area contributed by atoms with Crippen LogP contribution in [0.1, 0.15) is 29.8 Å². The number of esters is 1. The van der Waals surface area contributed by atoms with Crippen LogP contribution < -0.4 is 9.47 Å². The van der Waals surface area contributed by atoms with E-state index in [9.17, 15) is 9.59 Å². The van der Waals surface area contributed by atoms with Crippen LogP contribution in [0.25, 0.3) is 0 Å². The Morgan fingerprint density at radius 2 is 1.81 bits per heavy atom. The van der Waals surface area contributed by atoms with Crippen molar-refractivity contribution in [1.29, 1.82) is 0 Å². The van der Waals surface area contributed by atoms with Crippen LogP contribution in [0.5, 0.6) is 11.5 Å². The van der Waals surface area contributed by atoms with Crippen molar-refractivity contribution in [3.05, 3.63) is 58.1 Å². The summed E-state index contributed by atoms with van der Waals surface area (Å²) in [5.74, 6) is 0.00944. The third-order valence-corrected chi connectivity index (χ3v) is 5.38. The number of hydrogen-bond donors (Lipinski definition) is 0. The minimum absolute atomic E-state index is 0.0490. The number of methoxy groups -OCH3 is 1. The maximum Gasteiger partial charge on any atom is 0.338 e. The fourth-order valence-electron chi connectivity index (χ4n) is 3.39. The van der Waals surface area contributed by atoms with E-state index >= 15 is 0 Å². The van der Waals surface area contributed by atoms with Gasteiger partial charge >= 0.3 is 5.97 Å². The highest BCUT2D eigenvalue weighted by Gasteiger charge is 2.27. The molecule has 0 unspecified atom stereocenters. The van der Waals surface area contributed by atoms with E-state index in [1.807, 2.05) is 44.2 Å². The van der Waals surface area contributed by atoms with E-state index in [0.29, 0.717) is 35.7 Å². The minimum atomic E-state index is -0.615. The van der Waals surface area contributed by atoms with Gasteiger partial charge in [-0.15, -0.1) is 0 Å². The van der Waals surface area contributed by atoms with Gasteiger partial charge in [-0.05, 0) is 47.5 Å². The number of amides is 1. The molecule has 1 aliphatic rings. The maximum atomic E-state index is 12.5. The van der Waals surface area contributed by atoms with E-state index in [-0.39, 0.29) is 30.3 Å². The third kappa shape index (κ3) is 6.21. The number of benzene rings is 2. The SMILES string of the molecule is COc1cc(C(=O)OCC(=O)N2C[C@@H](C)O[C@@H](C)C2)cc(Br)c1OCc1ccccc1. The van der Waals surface area contributed by atoms with Gasteiger partial charge in [-0.1, -0.05) is 30.3 Å². The van der Waals surface area contributed by atoms with E-state index in [1.54, 1.807) is 11.0 Å². The first-order valence-corrected chi connectivity index (χ1v) is 10.8. The van der Waals surface area contributed by atoms with E-state index in [1.165, 1.54) is 13.2 Å². The fourth-order valence-corrected chi connectivity index (χ4v) is 3.95. The zero-order valence-electron chi connectivity index (χ0n) is 17.8. The lowest BCUT2D eigenvalue weighted by Gasteiger charge is -2.35. The number of carbonyl (C=O) groups excluding carboxylic acids is 2. The van der Waals surface area contributed by atoms with Crippen molar-refractivity contribution in [3.8, 4) is 11.5 Å². The van der Waals surface area contributed by atoms with Gasteiger partial charge < -0.3 is 23.8 Å². The number of ether oxygens (including phenoxy) is 4. The van der Waals surface area contributed by atoms with E-state index in [4.69, 9.17) is 18.9 Å². The monoisotopic (exact) mass is 491 g/mol. The van der Waals surface area contributed by atoms with Gasteiger partial charge in [0.1, 0.15) is 6.61 Å². The first-order valence-electron chi connectivity index (χ1n) is 10.0. The molecule has 7 nitrogen and oxygen atoms in total. The molecule has 1 fully saturated rings. The largest absolute Gasteiger partial charge is 0.493 e. The quantitative estimate of drug-likeness (QED) is 0.548. The molecule has 2 aromatic carbocycles. The number of carbonyl (C=O) groups is 2. The molecular formula is C23H26BrNO6. The van der Waals surface area contributed by atoms with Crippen LogP contribution in [0, 0.1) is 0 Å². The van der Waals surface area contributed by atoms with Crippen molar-refractivity contribution in [2.24, 2.45) is 0 Å². The fraction of sp³-hybridized carbons (Fsp3) is 0.391. The lowest BCUT2D eigenvalue weighted by molar-refractivity contribution is -0.146. The van der Waals surface area contributed by atoms with E-state index in [0.717, 1.165) is 5.56 Å². The summed E-state index contributed by atoms with van der Waals surface area (Å²) in [5.41, 5.74) is 1.26.